The summed E-state index contributed by atoms with van der Waals surface area (Å²) in [5, 5.41) is 12.6. The smallest absolute Gasteiger partial charge is 0.388 e. The molecule has 1 unspecified atom stereocenters. The van der Waals surface area contributed by atoms with Crippen molar-refractivity contribution in [2.75, 3.05) is 6.54 Å². The zero-order valence-corrected chi connectivity index (χ0v) is 12.3. The Labute approximate surface area is 122 Å². The summed E-state index contributed by atoms with van der Waals surface area (Å²) in [4.78, 5) is 11.8. The van der Waals surface area contributed by atoms with E-state index in [1.807, 2.05) is 13.8 Å². The van der Waals surface area contributed by atoms with Crippen molar-refractivity contribution in [3.63, 3.8) is 0 Å². The first kappa shape index (κ1) is 17.5. The molecule has 1 atom stereocenters. The van der Waals surface area contributed by atoms with E-state index in [0.29, 0.717) is 6.42 Å². The molecule has 0 aromatic heterocycles. The maximum atomic E-state index is 12.4. The number of rotatable bonds is 5. The molecule has 2 N–H and O–H groups in total. The van der Waals surface area contributed by atoms with E-state index >= 15 is 0 Å². The number of halogens is 3. The van der Waals surface area contributed by atoms with Crippen LogP contribution in [-0.2, 0) is 6.18 Å². The fraction of sp³-hybridized carbons (Fsp3) is 0.533. The predicted molar refractivity (Wildman–Crippen MR) is 73.9 cm³/mol. The summed E-state index contributed by atoms with van der Waals surface area (Å²) >= 11 is 0. The van der Waals surface area contributed by atoms with Gasteiger partial charge in [0.1, 0.15) is 0 Å². The maximum absolute atomic E-state index is 12.4. The summed E-state index contributed by atoms with van der Waals surface area (Å²) < 4.78 is 37.2. The van der Waals surface area contributed by atoms with Crippen molar-refractivity contribution >= 4 is 5.91 Å². The van der Waals surface area contributed by atoms with Crippen molar-refractivity contribution in [3.05, 3.63) is 35.4 Å². The maximum Gasteiger partial charge on any atom is 0.416 e. The monoisotopic (exact) mass is 303 g/mol. The highest BCUT2D eigenvalue weighted by molar-refractivity contribution is 5.94. The summed E-state index contributed by atoms with van der Waals surface area (Å²) in [6, 6.07) is 3.97. The molecule has 1 aromatic carbocycles. The van der Waals surface area contributed by atoms with Gasteiger partial charge in [0.2, 0.25) is 0 Å². The zero-order chi connectivity index (χ0) is 16.3. The van der Waals surface area contributed by atoms with Crippen molar-refractivity contribution in [2.45, 2.75) is 39.0 Å². The standard InChI is InChI=1S/C15H20F3NO2/c1-10(2)8-14(3,21)9-19-13(20)11-4-6-12(7-5-11)15(16,17)18/h4-7,10,21H,8-9H2,1-3H3,(H,19,20). The molecule has 6 heteroatoms. The lowest BCUT2D eigenvalue weighted by Gasteiger charge is -2.25. The van der Waals surface area contributed by atoms with E-state index in [1.165, 1.54) is 0 Å². The molecule has 0 saturated carbocycles. The van der Waals surface area contributed by atoms with Crippen molar-refractivity contribution in [1.29, 1.82) is 0 Å². The van der Waals surface area contributed by atoms with Crippen LogP contribution in [0.15, 0.2) is 24.3 Å². The van der Waals surface area contributed by atoms with Crippen molar-refractivity contribution in [1.82, 2.24) is 5.32 Å². The number of carbonyl (C=O) groups is 1. The Kier molecular flexibility index (Phi) is 5.39. The van der Waals surface area contributed by atoms with E-state index in [4.69, 9.17) is 0 Å². The molecule has 21 heavy (non-hydrogen) atoms. The van der Waals surface area contributed by atoms with Gasteiger partial charge < -0.3 is 10.4 Å². The molecule has 0 bridgehead atoms. The van der Waals surface area contributed by atoms with Crippen LogP contribution in [0.3, 0.4) is 0 Å². The van der Waals surface area contributed by atoms with Crippen LogP contribution in [0, 0.1) is 5.92 Å². The molecule has 0 radical (unpaired) electrons. The van der Waals surface area contributed by atoms with Crippen molar-refractivity contribution < 1.29 is 23.1 Å². The molecule has 0 aliphatic heterocycles. The number of hydrogen-bond acceptors (Lipinski definition) is 2. The van der Waals surface area contributed by atoms with Gasteiger partial charge in [-0.25, -0.2) is 0 Å². The number of benzene rings is 1. The summed E-state index contributed by atoms with van der Waals surface area (Å²) in [6.45, 7) is 5.56. The van der Waals surface area contributed by atoms with Gasteiger partial charge in [0.15, 0.2) is 0 Å². The fourth-order valence-electron chi connectivity index (χ4n) is 2.14. The third kappa shape index (κ3) is 5.75. The average Bonchev–Trinajstić information content (AvgIpc) is 2.33. The molecule has 0 aliphatic rings. The largest absolute Gasteiger partial charge is 0.416 e. The van der Waals surface area contributed by atoms with E-state index in [9.17, 15) is 23.1 Å². The van der Waals surface area contributed by atoms with Gasteiger partial charge in [0.05, 0.1) is 11.2 Å². The van der Waals surface area contributed by atoms with Crippen LogP contribution >= 0.6 is 0 Å². The summed E-state index contributed by atoms with van der Waals surface area (Å²) in [5.74, 6) is -0.240. The molecule has 0 aliphatic carbocycles. The van der Waals surface area contributed by atoms with Gasteiger partial charge in [0.25, 0.3) is 5.91 Å². The highest BCUT2D eigenvalue weighted by Crippen LogP contribution is 2.29. The Morgan fingerprint density at radius 1 is 1.24 bits per heavy atom. The fourth-order valence-corrected chi connectivity index (χ4v) is 2.14. The Morgan fingerprint density at radius 3 is 2.19 bits per heavy atom. The Balaban J connectivity index is 2.64. The highest BCUT2D eigenvalue weighted by Gasteiger charge is 2.30. The molecule has 3 nitrogen and oxygen atoms in total. The minimum atomic E-state index is -4.42. The quantitative estimate of drug-likeness (QED) is 0.877. The SMILES string of the molecule is CC(C)CC(C)(O)CNC(=O)c1ccc(C(F)(F)F)cc1. The molecule has 118 valence electrons. The second kappa shape index (κ2) is 6.47. The molecule has 1 amide bonds. The molecular weight excluding hydrogens is 283 g/mol. The van der Waals surface area contributed by atoms with E-state index in [1.54, 1.807) is 6.92 Å². The second-order valence-corrected chi connectivity index (χ2v) is 5.85. The molecule has 1 aromatic rings. The van der Waals surface area contributed by atoms with Crippen LogP contribution in [0.4, 0.5) is 13.2 Å². The minimum absolute atomic E-state index is 0.0467. The van der Waals surface area contributed by atoms with Crippen LogP contribution in [0.2, 0.25) is 0 Å². The molecule has 0 heterocycles. The van der Waals surface area contributed by atoms with Crippen LogP contribution in [0.25, 0.3) is 0 Å². The molecule has 0 spiro atoms. The average molecular weight is 303 g/mol. The topological polar surface area (TPSA) is 49.3 Å². The third-order valence-corrected chi connectivity index (χ3v) is 2.95. The predicted octanol–water partition coefficient (Wildman–Crippen LogP) is 3.23. The Morgan fingerprint density at radius 2 is 1.76 bits per heavy atom. The number of alkyl halides is 3. The number of aliphatic hydroxyl groups is 1. The molecular formula is C15H20F3NO2. The first-order valence-corrected chi connectivity index (χ1v) is 6.69. The van der Waals surface area contributed by atoms with Gasteiger partial charge in [-0.2, -0.15) is 13.2 Å². The lowest BCUT2D eigenvalue weighted by molar-refractivity contribution is -0.137. The van der Waals surface area contributed by atoms with Gasteiger partial charge in [-0.1, -0.05) is 13.8 Å². The van der Waals surface area contributed by atoms with Crippen molar-refractivity contribution in [3.8, 4) is 0 Å². The zero-order valence-electron chi connectivity index (χ0n) is 12.3. The van der Waals surface area contributed by atoms with Crippen LogP contribution in [0.5, 0.6) is 0 Å². The number of hydrogen-bond donors (Lipinski definition) is 2. The minimum Gasteiger partial charge on any atom is -0.388 e. The lowest BCUT2D eigenvalue weighted by atomic mass is 9.94. The van der Waals surface area contributed by atoms with Gasteiger partial charge in [0, 0.05) is 12.1 Å². The second-order valence-electron chi connectivity index (χ2n) is 5.85. The summed E-state index contributed by atoms with van der Waals surface area (Å²) in [6.07, 6.45) is -3.91. The number of nitrogens with one attached hydrogen (secondary N) is 1. The first-order valence-electron chi connectivity index (χ1n) is 6.69. The summed E-state index contributed by atoms with van der Waals surface area (Å²) in [7, 11) is 0. The van der Waals surface area contributed by atoms with Gasteiger partial charge >= 0.3 is 6.18 Å². The van der Waals surface area contributed by atoms with Crippen LogP contribution in [-0.4, -0.2) is 23.2 Å². The number of carbonyl (C=O) groups excluding carboxylic acids is 1. The van der Waals surface area contributed by atoms with Gasteiger partial charge in [-0.05, 0) is 43.5 Å². The molecule has 0 saturated heterocycles. The third-order valence-electron chi connectivity index (χ3n) is 2.95. The van der Waals surface area contributed by atoms with Crippen LogP contribution in [0.1, 0.15) is 43.1 Å². The van der Waals surface area contributed by atoms with Crippen molar-refractivity contribution in [2.24, 2.45) is 5.92 Å². The van der Waals surface area contributed by atoms with E-state index in [0.717, 1.165) is 24.3 Å². The number of amides is 1. The highest BCUT2D eigenvalue weighted by atomic mass is 19.4. The van der Waals surface area contributed by atoms with Gasteiger partial charge in [-0.15, -0.1) is 0 Å². The van der Waals surface area contributed by atoms with Crippen LogP contribution < -0.4 is 5.32 Å². The first-order chi connectivity index (χ1) is 9.51. The lowest BCUT2D eigenvalue weighted by Crippen LogP contribution is -2.41. The molecule has 0 fully saturated rings. The molecule has 1 rings (SSSR count). The van der Waals surface area contributed by atoms with Gasteiger partial charge in [-0.3, -0.25) is 4.79 Å². The normalized spacial score (nSPS) is 14.9. The van der Waals surface area contributed by atoms with E-state index < -0.39 is 23.2 Å². The Bertz CT molecular complexity index is 479. The van der Waals surface area contributed by atoms with E-state index in [-0.39, 0.29) is 18.0 Å². The van der Waals surface area contributed by atoms with E-state index in [2.05, 4.69) is 5.32 Å². The Hall–Kier alpha value is -1.56. The summed E-state index contributed by atoms with van der Waals surface area (Å²) in [5.41, 5.74) is -1.72.